The summed E-state index contributed by atoms with van der Waals surface area (Å²) in [5.74, 6) is 0.00352. The van der Waals surface area contributed by atoms with Crippen molar-refractivity contribution >= 4 is 5.91 Å². The van der Waals surface area contributed by atoms with Crippen molar-refractivity contribution in [2.45, 2.75) is 31.8 Å². The summed E-state index contributed by atoms with van der Waals surface area (Å²) in [6.45, 7) is 3.59. The molecule has 1 amide bonds. The summed E-state index contributed by atoms with van der Waals surface area (Å²) in [4.78, 5) is 12.6. The van der Waals surface area contributed by atoms with Gasteiger partial charge < -0.3 is 10.6 Å². The van der Waals surface area contributed by atoms with Crippen molar-refractivity contribution in [2.24, 2.45) is 0 Å². The number of hydrogen-bond donors (Lipinski definition) is 2. The quantitative estimate of drug-likeness (QED) is 0.910. The Morgan fingerprint density at radius 1 is 1.14 bits per heavy atom. The molecule has 0 spiro atoms. The van der Waals surface area contributed by atoms with Gasteiger partial charge in [-0.05, 0) is 30.0 Å². The Hall–Kier alpha value is -2.13. The van der Waals surface area contributed by atoms with Crippen molar-refractivity contribution in [1.82, 2.24) is 10.6 Å². The zero-order valence-electron chi connectivity index (χ0n) is 12.9. The maximum atomic E-state index is 12.6. The third-order valence-corrected chi connectivity index (χ3v) is 4.34. The number of hydrogen-bond acceptors (Lipinski definition) is 2. The molecule has 2 aromatic rings. The first-order chi connectivity index (χ1) is 10.8. The molecule has 0 bridgehead atoms. The van der Waals surface area contributed by atoms with E-state index in [2.05, 4.69) is 41.8 Å². The Morgan fingerprint density at radius 3 is 2.68 bits per heavy atom. The van der Waals surface area contributed by atoms with Crippen LogP contribution in [0.2, 0.25) is 0 Å². The minimum absolute atomic E-state index is 0.110. The van der Waals surface area contributed by atoms with Gasteiger partial charge in [0, 0.05) is 19.1 Å². The molecule has 2 unspecified atom stereocenters. The van der Waals surface area contributed by atoms with Crippen LogP contribution >= 0.6 is 0 Å². The summed E-state index contributed by atoms with van der Waals surface area (Å²) < 4.78 is 0. The average Bonchev–Trinajstić information content (AvgIpc) is 2.55. The van der Waals surface area contributed by atoms with Crippen LogP contribution in [0.5, 0.6) is 0 Å². The van der Waals surface area contributed by atoms with Crippen LogP contribution in [0.25, 0.3) is 0 Å². The van der Waals surface area contributed by atoms with Gasteiger partial charge in [0.1, 0.15) is 0 Å². The molecule has 2 atom stereocenters. The second-order valence-corrected chi connectivity index (χ2v) is 5.87. The number of carbonyl (C=O) groups excluding carboxylic acids is 1. The fourth-order valence-corrected chi connectivity index (χ4v) is 3.11. The molecule has 3 heteroatoms. The standard InChI is InChI=1S/C19H22N2O/c1-14-18(17-10-6-5-9-16(17)13-21-14)19(22)20-12-11-15-7-3-2-4-8-15/h2-10,14,18,21H,11-13H2,1H3,(H,20,22). The highest BCUT2D eigenvalue weighted by molar-refractivity contribution is 5.85. The van der Waals surface area contributed by atoms with E-state index in [0.29, 0.717) is 6.54 Å². The van der Waals surface area contributed by atoms with Crippen molar-refractivity contribution < 1.29 is 4.79 Å². The molecule has 2 N–H and O–H groups in total. The number of nitrogens with one attached hydrogen (secondary N) is 2. The molecule has 1 aliphatic rings. The van der Waals surface area contributed by atoms with E-state index in [9.17, 15) is 4.79 Å². The van der Waals surface area contributed by atoms with Crippen molar-refractivity contribution in [3.63, 3.8) is 0 Å². The van der Waals surface area contributed by atoms with Gasteiger partial charge in [0.25, 0.3) is 0 Å². The summed E-state index contributed by atoms with van der Waals surface area (Å²) >= 11 is 0. The van der Waals surface area contributed by atoms with Gasteiger partial charge in [-0.3, -0.25) is 4.79 Å². The number of fused-ring (bicyclic) bond motifs is 1. The van der Waals surface area contributed by atoms with Gasteiger partial charge >= 0.3 is 0 Å². The molecule has 1 heterocycles. The predicted octanol–water partition coefficient (Wildman–Crippen LogP) is 2.62. The summed E-state index contributed by atoms with van der Waals surface area (Å²) in [5, 5.41) is 6.51. The third-order valence-electron chi connectivity index (χ3n) is 4.34. The number of benzene rings is 2. The second-order valence-electron chi connectivity index (χ2n) is 5.87. The SMILES string of the molecule is CC1NCc2ccccc2C1C(=O)NCCc1ccccc1. The largest absolute Gasteiger partial charge is 0.355 e. The molecule has 114 valence electrons. The number of amides is 1. The second kappa shape index (κ2) is 6.75. The molecule has 0 fully saturated rings. The van der Waals surface area contributed by atoms with Crippen molar-refractivity contribution in [3.8, 4) is 0 Å². The van der Waals surface area contributed by atoms with E-state index in [1.54, 1.807) is 0 Å². The van der Waals surface area contributed by atoms with Gasteiger partial charge in [-0.2, -0.15) is 0 Å². The maximum absolute atomic E-state index is 12.6. The van der Waals surface area contributed by atoms with Gasteiger partial charge in [-0.1, -0.05) is 54.6 Å². The lowest BCUT2D eigenvalue weighted by Gasteiger charge is -2.31. The fraction of sp³-hybridized carbons (Fsp3) is 0.316. The van der Waals surface area contributed by atoms with E-state index in [-0.39, 0.29) is 17.9 Å². The van der Waals surface area contributed by atoms with Crippen LogP contribution in [0.4, 0.5) is 0 Å². The van der Waals surface area contributed by atoms with Crippen molar-refractivity contribution in [2.75, 3.05) is 6.54 Å². The molecule has 0 saturated carbocycles. The lowest BCUT2D eigenvalue weighted by molar-refractivity contribution is -0.123. The summed E-state index contributed by atoms with van der Waals surface area (Å²) in [6, 6.07) is 18.6. The highest BCUT2D eigenvalue weighted by Crippen LogP contribution is 2.28. The molecule has 2 aromatic carbocycles. The number of carbonyl (C=O) groups is 1. The Balaban J connectivity index is 1.64. The molecular weight excluding hydrogens is 272 g/mol. The first-order valence-electron chi connectivity index (χ1n) is 7.88. The maximum Gasteiger partial charge on any atom is 0.229 e. The van der Waals surface area contributed by atoms with Crippen LogP contribution in [-0.4, -0.2) is 18.5 Å². The summed E-state index contributed by atoms with van der Waals surface area (Å²) in [7, 11) is 0. The van der Waals surface area contributed by atoms with Gasteiger partial charge in [-0.25, -0.2) is 0 Å². The minimum atomic E-state index is -0.110. The van der Waals surface area contributed by atoms with Gasteiger partial charge in [0.2, 0.25) is 5.91 Å². The monoisotopic (exact) mass is 294 g/mol. The predicted molar refractivity (Wildman–Crippen MR) is 88.6 cm³/mol. The highest BCUT2D eigenvalue weighted by atomic mass is 16.1. The third kappa shape index (κ3) is 3.20. The first-order valence-corrected chi connectivity index (χ1v) is 7.88. The smallest absolute Gasteiger partial charge is 0.229 e. The van der Waals surface area contributed by atoms with Crippen LogP contribution in [0, 0.1) is 0 Å². The molecule has 3 nitrogen and oxygen atoms in total. The molecular formula is C19H22N2O. The van der Waals surface area contributed by atoms with E-state index < -0.39 is 0 Å². The van der Waals surface area contributed by atoms with Gasteiger partial charge in [-0.15, -0.1) is 0 Å². The van der Waals surface area contributed by atoms with Crippen LogP contribution < -0.4 is 10.6 Å². The Labute approximate surface area is 131 Å². The molecule has 0 saturated heterocycles. The number of rotatable bonds is 4. The van der Waals surface area contributed by atoms with Crippen LogP contribution in [-0.2, 0) is 17.8 Å². The zero-order chi connectivity index (χ0) is 15.4. The molecule has 0 radical (unpaired) electrons. The van der Waals surface area contributed by atoms with Gasteiger partial charge in [0.05, 0.1) is 5.92 Å². The zero-order valence-corrected chi connectivity index (χ0v) is 12.9. The Kier molecular flexibility index (Phi) is 4.54. The summed E-state index contributed by atoms with van der Waals surface area (Å²) in [5.41, 5.74) is 3.63. The van der Waals surface area contributed by atoms with E-state index >= 15 is 0 Å². The van der Waals surface area contributed by atoms with Crippen LogP contribution in [0.3, 0.4) is 0 Å². The van der Waals surface area contributed by atoms with Crippen LogP contribution in [0.15, 0.2) is 54.6 Å². The van der Waals surface area contributed by atoms with Crippen LogP contribution in [0.1, 0.15) is 29.5 Å². The topological polar surface area (TPSA) is 41.1 Å². The highest BCUT2D eigenvalue weighted by Gasteiger charge is 2.31. The van der Waals surface area contributed by atoms with E-state index in [1.165, 1.54) is 11.1 Å². The minimum Gasteiger partial charge on any atom is -0.355 e. The van der Waals surface area contributed by atoms with E-state index in [4.69, 9.17) is 0 Å². The lowest BCUT2D eigenvalue weighted by Crippen LogP contribution is -2.45. The molecule has 3 rings (SSSR count). The van der Waals surface area contributed by atoms with Crippen molar-refractivity contribution in [1.29, 1.82) is 0 Å². The van der Waals surface area contributed by atoms with Gasteiger partial charge in [0.15, 0.2) is 0 Å². The summed E-state index contributed by atoms with van der Waals surface area (Å²) in [6.07, 6.45) is 0.864. The van der Waals surface area contributed by atoms with Crippen molar-refractivity contribution in [3.05, 3.63) is 71.3 Å². The molecule has 1 aliphatic heterocycles. The average molecular weight is 294 g/mol. The van der Waals surface area contributed by atoms with E-state index in [0.717, 1.165) is 18.5 Å². The van der Waals surface area contributed by atoms with E-state index in [1.807, 2.05) is 30.3 Å². The Morgan fingerprint density at radius 2 is 1.86 bits per heavy atom. The normalized spacial score (nSPS) is 20.2. The molecule has 0 aliphatic carbocycles. The fourth-order valence-electron chi connectivity index (χ4n) is 3.11. The first kappa shape index (κ1) is 14.8. The molecule has 0 aromatic heterocycles. The lowest BCUT2D eigenvalue weighted by atomic mass is 9.85. The Bertz CT molecular complexity index is 639. The molecule has 22 heavy (non-hydrogen) atoms.